The molecule has 2 rings (SSSR count). The van der Waals surface area contributed by atoms with Crippen molar-refractivity contribution in [2.45, 2.75) is 32.9 Å². The van der Waals surface area contributed by atoms with E-state index in [0.717, 1.165) is 12.2 Å². The molecule has 2 aromatic rings. The quantitative estimate of drug-likeness (QED) is 0.848. The maximum Gasteiger partial charge on any atom is 0.119 e. The largest absolute Gasteiger partial charge is 0.489 e. The molecule has 0 aliphatic rings. The number of nitrogens with two attached hydrogens (primary N) is 1. The van der Waals surface area contributed by atoms with E-state index in [0.29, 0.717) is 12.5 Å². The second-order valence-corrected chi connectivity index (χ2v) is 5.25. The molecule has 20 heavy (non-hydrogen) atoms. The van der Waals surface area contributed by atoms with Crippen molar-refractivity contribution in [2.75, 3.05) is 0 Å². The lowest BCUT2D eigenvalue weighted by molar-refractivity contribution is 0.306. The van der Waals surface area contributed by atoms with Crippen LogP contribution in [0.25, 0.3) is 0 Å². The molecule has 2 nitrogen and oxygen atoms in total. The molecule has 2 aromatic carbocycles. The van der Waals surface area contributed by atoms with E-state index < -0.39 is 0 Å². The Morgan fingerprint density at radius 3 is 2.25 bits per heavy atom. The maximum absolute atomic E-state index is 6.22. The van der Waals surface area contributed by atoms with Gasteiger partial charge in [-0.05, 0) is 29.2 Å². The van der Waals surface area contributed by atoms with E-state index in [4.69, 9.17) is 10.5 Å². The number of hydrogen-bond acceptors (Lipinski definition) is 2. The van der Waals surface area contributed by atoms with Gasteiger partial charge in [-0.3, -0.25) is 0 Å². The lowest BCUT2D eigenvalue weighted by Crippen LogP contribution is -2.18. The molecule has 0 saturated carbocycles. The van der Waals surface area contributed by atoms with Crippen molar-refractivity contribution < 1.29 is 4.74 Å². The summed E-state index contributed by atoms with van der Waals surface area (Å²) in [5.41, 5.74) is 8.57. The van der Waals surface area contributed by atoms with Crippen LogP contribution in [-0.4, -0.2) is 0 Å². The third kappa shape index (κ3) is 3.84. The van der Waals surface area contributed by atoms with E-state index in [1.54, 1.807) is 0 Å². The predicted octanol–water partition coefficient (Wildman–Crippen LogP) is 4.31. The van der Waals surface area contributed by atoms with E-state index in [1.807, 2.05) is 30.3 Å². The first-order valence-corrected chi connectivity index (χ1v) is 7.23. The molecule has 106 valence electrons. The molecule has 0 bridgehead atoms. The highest BCUT2D eigenvalue weighted by molar-refractivity contribution is 5.29. The summed E-state index contributed by atoms with van der Waals surface area (Å²) >= 11 is 0. The fourth-order valence-electron chi connectivity index (χ4n) is 2.11. The summed E-state index contributed by atoms with van der Waals surface area (Å²) < 4.78 is 5.77. The molecule has 2 heteroatoms. The Morgan fingerprint density at radius 2 is 1.65 bits per heavy atom. The zero-order valence-corrected chi connectivity index (χ0v) is 12.3. The van der Waals surface area contributed by atoms with Gasteiger partial charge in [0.25, 0.3) is 0 Å². The number of benzene rings is 2. The van der Waals surface area contributed by atoms with Gasteiger partial charge < -0.3 is 10.5 Å². The van der Waals surface area contributed by atoms with Crippen LogP contribution in [0.4, 0.5) is 0 Å². The van der Waals surface area contributed by atoms with Gasteiger partial charge >= 0.3 is 0 Å². The Labute approximate surface area is 121 Å². The van der Waals surface area contributed by atoms with Crippen molar-refractivity contribution in [3.05, 3.63) is 65.7 Å². The van der Waals surface area contributed by atoms with Crippen molar-refractivity contribution in [2.24, 2.45) is 11.7 Å². The molecule has 0 aromatic heterocycles. The fraction of sp³-hybridized carbons (Fsp3) is 0.333. The van der Waals surface area contributed by atoms with Crippen LogP contribution in [0.5, 0.6) is 5.75 Å². The normalized spacial score (nSPS) is 13.8. The fourth-order valence-corrected chi connectivity index (χ4v) is 2.11. The van der Waals surface area contributed by atoms with E-state index >= 15 is 0 Å². The van der Waals surface area contributed by atoms with Crippen molar-refractivity contribution in [1.82, 2.24) is 0 Å². The van der Waals surface area contributed by atoms with Crippen molar-refractivity contribution in [3.8, 4) is 5.75 Å². The van der Waals surface area contributed by atoms with E-state index in [9.17, 15) is 0 Å². The summed E-state index contributed by atoms with van der Waals surface area (Å²) in [6.07, 6.45) is 1.09. The van der Waals surface area contributed by atoms with Gasteiger partial charge in [0, 0.05) is 6.04 Å². The van der Waals surface area contributed by atoms with Crippen LogP contribution in [0, 0.1) is 5.92 Å². The number of ether oxygens (including phenoxy) is 1. The van der Waals surface area contributed by atoms with Gasteiger partial charge in [-0.15, -0.1) is 0 Å². The first-order valence-electron chi connectivity index (χ1n) is 7.23. The Morgan fingerprint density at radius 1 is 1.00 bits per heavy atom. The molecule has 0 fully saturated rings. The van der Waals surface area contributed by atoms with Crippen LogP contribution in [0.2, 0.25) is 0 Å². The highest BCUT2D eigenvalue weighted by Gasteiger charge is 2.12. The van der Waals surface area contributed by atoms with Gasteiger partial charge in [-0.2, -0.15) is 0 Å². The Bertz CT molecular complexity index is 507. The van der Waals surface area contributed by atoms with Gasteiger partial charge in [0.05, 0.1) is 0 Å². The Balaban J connectivity index is 1.95. The van der Waals surface area contributed by atoms with Crippen LogP contribution in [0.3, 0.4) is 0 Å². The first kappa shape index (κ1) is 14.6. The minimum absolute atomic E-state index is 0.100. The standard InChI is InChI=1S/C18H23NO/c1-3-14(2)18(19)16-9-11-17(12-10-16)20-13-15-7-5-4-6-8-15/h4-12,14,18H,3,13,19H2,1-2H3/t14?,18-/m1/s1. The minimum Gasteiger partial charge on any atom is -0.489 e. The second-order valence-electron chi connectivity index (χ2n) is 5.25. The van der Waals surface area contributed by atoms with Crippen LogP contribution < -0.4 is 10.5 Å². The van der Waals surface area contributed by atoms with Gasteiger partial charge in [0.15, 0.2) is 0 Å². The highest BCUT2D eigenvalue weighted by Crippen LogP contribution is 2.24. The molecule has 1 unspecified atom stereocenters. The lowest BCUT2D eigenvalue weighted by atomic mass is 9.93. The van der Waals surface area contributed by atoms with E-state index in [2.05, 4.69) is 38.1 Å². The summed E-state index contributed by atoms with van der Waals surface area (Å²) in [6, 6.07) is 18.4. The molecule has 2 N–H and O–H groups in total. The predicted molar refractivity (Wildman–Crippen MR) is 83.6 cm³/mol. The summed E-state index contributed by atoms with van der Waals surface area (Å²) in [7, 11) is 0. The van der Waals surface area contributed by atoms with Gasteiger partial charge in [0.1, 0.15) is 12.4 Å². The van der Waals surface area contributed by atoms with Crippen LogP contribution in [0.1, 0.15) is 37.4 Å². The average molecular weight is 269 g/mol. The first-order chi connectivity index (χ1) is 9.70. The summed E-state index contributed by atoms with van der Waals surface area (Å²) in [6.45, 7) is 4.95. The SMILES string of the molecule is CCC(C)[C@@H](N)c1ccc(OCc2ccccc2)cc1. The van der Waals surface area contributed by atoms with Gasteiger partial charge in [-0.1, -0.05) is 62.7 Å². The van der Waals surface area contributed by atoms with Crippen molar-refractivity contribution >= 4 is 0 Å². The smallest absolute Gasteiger partial charge is 0.119 e. The Kier molecular flexibility index (Phi) is 5.19. The summed E-state index contributed by atoms with van der Waals surface area (Å²) in [4.78, 5) is 0. The Hall–Kier alpha value is -1.80. The molecule has 0 amide bonds. The summed E-state index contributed by atoms with van der Waals surface area (Å²) in [5, 5.41) is 0. The zero-order valence-electron chi connectivity index (χ0n) is 12.3. The van der Waals surface area contributed by atoms with Gasteiger partial charge in [0.2, 0.25) is 0 Å². The topological polar surface area (TPSA) is 35.2 Å². The molecule has 0 aliphatic carbocycles. The maximum atomic E-state index is 6.22. The van der Waals surface area contributed by atoms with Crippen molar-refractivity contribution in [1.29, 1.82) is 0 Å². The van der Waals surface area contributed by atoms with Crippen molar-refractivity contribution in [3.63, 3.8) is 0 Å². The van der Waals surface area contributed by atoms with Crippen LogP contribution in [0.15, 0.2) is 54.6 Å². The van der Waals surface area contributed by atoms with Gasteiger partial charge in [-0.25, -0.2) is 0 Å². The molecular formula is C18H23NO. The van der Waals surface area contributed by atoms with E-state index in [-0.39, 0.29) is 6.04 Å². The van der Waals surface area contributed by atoms with Crippen LogP contribution >= 0.6 is 0 Å². The third-order valence-corrected chi connectivity index (χ3v) is 3.77. The number of rotatable bonds is 6. The second kappa shape index (κ2) is 7.11. The lowest BCUT2D eigenvalue weighted by Gasteiger charge is -2.19. The number of hydrogen-bond donors (Lipinski definition) is 1. The average Bonchev–Trinajstić information content (AvgIpc) is 2.53. The molecule has 0 spiro atoms. The molecule has 2 atom stereocenters. The molecule has 0 heterocycles. The minimum atomic E-state index is 0.100. The third-order valence-electron chi connectivity index (χ3n) is 3.77. The van der Waals surface area contributed by atoms with E-state index in [1.165, 1.54) is 11.1 Å². The highest BCUT2D eigenvalue weighted by atomic mass is 16.5. The van der Waals surface area contributed by atoms with Crippen LogP contribution in [-0.2, 0) is 6.61 Å². The molecular weight excluding hydrogens is 246 g/mol. The zero-order chi connectivity index (χ0) is 14.4. The monoisotopic (exact) mass is 269 g/mol. The molecule has 0 aliphatic heterocycles. The molecule has 0 radical (unpaired) electrons. The summed E-state index contributed by atoms with van der Waals surface area (Å²) in [5.74, 6) is 1.38. The molecule has 0 saturated heterocycles.